The van der Waals surface area contributed by atoms with Crippen LogP contribution >= 0.6 is 0 Å². The first-order valence-electron chi connectivity index (χ1n) is 30.8. The minimum atomic E-state index is -0.161. The summed E-state index contributed by atoms with van der Waals surface area (Å²) in [7, 11) is 0. The monoisotopic (exact) mass is 1160 g/mol. The summed E-state index contributed by atoms with van der Waals surface area (Å²) in [6.45, 7) is 4.73. The molecule has 18 rings (SSSR count). The van der Waals surface area contributed by atoms with Crippen molar-refractivity contribution in [1.29, 1.82) is 0 Å². The molecule has 1 aliphatic rings. The van der Waals surface area contributed by atoms with Crippen LogP contribution in [0.5, 0.6) is 0 Å². The van der Waals surface area contributed by atoms with E-state index in [2.05, 4.69) is 249 Å². The van der Waals surface area contributed by atoms with E-state index in [9.17, 15) is 0 Å². The van der Waals surface area contributed by atoms with E-state index < -0.39 is 0 Å². The summed E-state index contributed by atoms with van der Waals surface area (Å²) < 4.78 is 0. The molecule has 0 saturated carbocycles. The number of nitrogens with zero attached hydrogens (tertiary/aromatic N) is 7. The molecule has 0 fully saturated rings. The van der Waals surface area contributed by atoms with E-state index in [1.54, 1.807) is 6.20 Å². The average Bonchev–Trinajstić information content (AvgIpc) is 0.718. The molecular weight excluding hydrogens is 1110 g/mol. The number of pyridine rings is 4. The molecule has 0 unspecified atom stereocenters. The van der Waals surface area contributed by atoms with Crippen molar-refractivity contribution in [3.8, 4) is 90.2 Å². The smallest absolute Gasteiger partial charge is 0.182 e. The van der Waals surface area contributed by atoms with Gasteiger partial charge >= 0.3 is 0 Å². The van der Waals surface area contributed by atoms with Gasteiger partial charge in [-0.25, -0.2) is 15.0 Å². The second-order valence-electron chi connectivity index (χ2n) is 24.0. The lowest BCUT2D eigenvalue weighted by molar-refractivity contribution is 0.652. The number of hydrogen-bond acceptors (Lipinski definition) is 7. The van der Waals surface area contributed by atoms with Gasteiger partial charge < -0.3 is 0 Å². The largest absolute Gasteiger partial charge is 0.264 e. The van der Waals surface area contributed by atoms with Gasteiger partial charge in [0.25, 0.3) is 0 Å². The zero-order valence-corrected chi connectivity index (χ0v) is 49.9. The molecule has 91 heavy (non-hydrogen) atoms. The topological polar surface area (TPSA) is 90.2 Å². The van der Waals surface area contributed by atoms with E-state index in [4.69, 9.17) is 29.9 Å². The van der Waals surface area contributed by atoms with Crippen LogP contribution in [0.3, 0.4) is 0 Å². The van der Waals surface area contributed by atoms with Gasteiger partial charge in [0.2, 0.25) is 0 Å². The van der Waals surface area contributed by atoms with Crippen LogP contribution in [0.15, 0.2) is 298 Å². The van der Waals surface area contributed by atoms with Crippen LogP contribution < -0.4 is 0 Å². The maximum absolute atomic E-state index is 5.22. The molecule has 7 nitrogen and oxygen atoms in total. The maximum atomic E-state index is 5.22. The Bertz CT molecular complexity index is 5390. The Labute approximate surface area is 525 Å². The van der Waals surface area contributed by atoms with Gasteiger partial charge in [-0.05, 0) is 134 Å². The van der Waals surface area contributed by atoms with Crippen LogP contribution in [-0.2, 0) is 5.41 Å². The van der Waals surface area contributed by atoms with Gasteiger partial charge in [-0.2, -0.15) is 0 Å². The van der Waals surface area contributed by atoms with Gasteiger partial charge in [0, 0.05) is 80.9 Å². The molecule has 1 aliphatic carbocycles. The van der Waals surface area contributed by atoms with Crippen LogP contribution in [0.4, 0.5) is 0 Å². The number of hydrogen-bond donors (Lipinski definition) is 0. The van der Waals surface area contributed by atoms with Crippen molar-refractivity contribution >= 4 is 75.4 Å². The molecule has 0 saturated heterocycles. The predicted molar refractivity (Wildman–Crippen MR) is 376 cm³/mol. The van der Waals surface area contributed by atoms with Gasteiger partial charge in [0.15, 0.2) is 17.5 Å². The molecule has 0 atom stereocenters. The Morgan fingerprint density at radius 1 is 0.253 bits per heavy atom. The third-order valence-corrected chi connectivity index (χ3v) is 18.4. The minimum Gasteiger partial charge on any atom is -0.264 e. The van der Waals surface area contributed by atoms with Crippen molar-refractivity contribution in [3.05, 3.63) is 309 Å². The van der Waals surface area contributed by atoms with Crippen LogP contribution in [0.1, 0.15) is 25.0 Å². The summed E-state index contributed by atoms with van der Waals surface area (Å²) in [6, 6.07) is 94.2. The molecule has 0 bridgehead atoms. The summed E-state index contributed by atoms with van der Waals surface area (Å²) in [5, 5.41) is 17.0. The van der Waals surface area contributed by atoms with Crippen LogP contribution in [0.2, 0.25) is 0 Å². The van der Waals surface area contributed by atoms with E-state index >= 15 is 0 Å². The molecule has 7 heteroatoms. The fraction of sp³-hybridized carbons (Fsp3) is 0.0357. The van der Waals surface area contributed by atoms with E-state index in [1.165, 1.54) is 76.5 Å². The fourth-order valence-corrected chi connectivity index (χ4v) is 13.9. The number of rotatable bonds is 8. The van der Waals surface area contributed by atoms with E-state index in [-0.39, 0.29) is 5.41 Å². The normalized spacial score (nSPS) is 12.4. The van der Waals surface area contributed by atoms with Crippen LogP contribution in [0.25, 0.3) is 166 Å². The van der Waals surface area contributed by atoms with Crippen molar-refractivity contribution in [2.24, 2.45) is 0 Å². The average molecular weight is 1160 g/mol. The summed E-state index contributed by atoms with van der Waals surface area (Å²) in [5.41, 5.74) is 16.1. The fourth-order valence-electron chi connectivity index (χ4n) is 13.9. The van der Waals surface area contributed by atoms with Gasteiger partial charge in [-0.1, -0.05) is 244 Å². The molecule has 0 spiro atoms. The standard InChI is InChI=1S/C43H30N2.C41H25N5/c1-43(2)36-21-19-32(38-23-15-30(25-44-38)27-9-5-3-6-10-27)34-17-13-29-14-18-35-33(20-22-37(43)42(35)40(29)41(34)36)39-24-16-31(26-45-39)28-11-7-4-8-12-28;1-3-13-30-26(10-1)22-36(34-17-7-5-15-32(30)34)39-44-40(37-23-27-11-2-4-14-31(27)33-16-6-8-18-35(33)37)46-41(45-39)38-20-19-29(25-43-38)28-12-9-21-42-24-28/h3-26H,1-2H3;1-25H. The summed E-state index contributed by atoms with van der Waals surface area (Å²) >= 11 is 0. The number of benzene rings is 12. The highest BCUT2D eigenvalue weighted by molar-refractivity contribution is 6.27. The Kier molecular flexibility index (Phi) is 12.7. The predicted octanol–water partition coefficient (Wildman–Crippen LogP) is 21.2. The highest BCUT2D eigenvalue weighted by Gasteiger charge is 2.34. The Morgan fingerprint density at radius 3 is 1.12 bits per heavy atom. The van der Waals surface area contributed by atoms with Gasteiger partial charge in [0.05, 0.1) is 11.4 Å². The van der Waals surface area contributed by atoms with Gasteiger partial charge in [-0.15, -0.1) is 0 Å². The third-order valence-electron chi connectivity index (χ3n) is 18.4. The highest BCUT2D eigenvalue weighted by Crippen LogP contribution is 2.52. The molecule has 426 valence electrons. The first-order valence-corrected chi connectivity index (χ1v) is 30.8. The summed E-state index contributed by atoms with van der Waals surface area (Å²) in [6.07, 6.45) is 9.46. The number of fused-ring (bicyclic) bond motifs is 6. The van der Waals surface area contributed by atoms with E-state index in [1.807, 2.05) is 61.2 Å². The lowest BCUT2D eigenvalue weighted by Gasteiger charge is -2.35. The highest BCUT2D eigenvalue weighted by atomic mass is 15.0. The lowest BCUT2D eigenvalue weighted by atomic mass is 9.68. The first-order chi connectivity index (χ1) is 44.9. The third kappa shape index (κ3) is 9.16. The molecule has 0 amide bonds. The minimum absolute atomic E-state index is 0.161. The Hall–Kier alpha value is -11.9. The molecule has 0 aliphatic heterocycles. The zero-order valence-electron chi connectivity index (χ0n) is 49.9. The molecule has 0 N–H and O–H groups in total. The van der Waals surface area contributed by atoms with E-state index in [0.717, 1.165) is 77.1 Å². The molecule has 17 aromatic rings. The SMILES string of the molecule is CC1(C)c2ccc(-c3ccc(-c4ccccc4)cn3)c3ccc4ccc5c(-c6ccc(-c7ccccc7)cn6)ccc1c5c4c23.c1cncc(-c2ccc(-c3nc(-c4cc5ccccc5c5ccccc45)nc(-c4cc5ccccc5c5ccccc45)n3)nc2)c1. The maximum Gasteiger partial charge on any atom is 0.182 e. The zero-order chi connectivity index (χ0) is 60.6. The Balaban J connectivity index is 0.000000140. The second kappa shape index (κ2) is 21.7. The van der Waals surface area contributed by atoms with Crippen molar-refractivity contribution in [2.75, 3.05) is 0 Å². The van der Waals surface area contributed by atoms with Crippen molar-refractivity contribution < 1.29 is 0 Å². The van der Waals surface area contributed by atoms with Gasteiger partial charge in [0.1, 0.15) is 5.69 Å². The van der Waals surface area contributed by atoms with Crippen LogP contribution in [0, 0.1) is 0 Å². The summed E-state index contributed by atoms with van der Waals surface area (Å²) in [5.74, 6) is 1.74. The van der Waals surface area contributed by atoms with Crippen molar-refractivity contribution in [3.63, 3.8) is 0 Å². The van der Waals surface area contributed by atoms with Crippen LogP contribution in [-0.4, -0.2) is 34.9 Å². The molecule has 12 aromatic carbocycles. The van der Waals surface area contributed by atoms with Crippen molar-refractivity contribution in [2.45, 2.75) is 19.3 Å². The lowest BCUT2D eigenvalue weighted by Crippen LogP contribution is -2.22. The Morgan fingerprint density at radius 2 is 0.659 bits per heavy atom. The second-order valence-corrected chi connectivity index (χ2v) is 24.0. The molecule has 5 aromatic heterocycles. The van der Waals surface area contributed by atoms with Crippen molar-refractivity contribution in [1.82, 2.24) is 34.9 Å². The first kappa shape index (κ1) is 53.3. The van der Waals surface area contributed by atoms with Gasteiger partial charge in [-0.3, -0.25) is 19.9 Å². The molecular formula is C84H55N7. The molecule has 5 heterocycles. The quantitative estimate of drug-likeness (QED) is 0.140. The summed E-state index contributed by atoms with van der Waals surface area (Å²) in [4.78, 5) is 34.5. The number of aromatic nitrogens is 7. The van der Waals surface area contributed by atoms with E-state index in [0.29, 0.717) is 23.2 Å². The molecule has 0 radical (unpaired) electrons.